The molecule has 5 heterocycles. The van der Waals surface area contributed by atoms with Crippen LogP contribution in [0.4, 0.5) is 0 Å². The van der Waals surface area contributed by atoms with Crippen LogP contribution in [0.15, 0.2) is 55.2 Å². The highest BCUT2D eigenvalue weighted by molar-refractivity contribution is 5.69. The van der Waals surface area contributed by atoms with Gasteiger partial charge in [-0.05, 0) is 18.1 Å². The minimum atomic E-state index is 0.486. The second kappa shape index (κ2) is 11.0. The number of ether oxygens (including phenoxy) is 2. The van der Waals surface area contributed by atoms with Crippen LogP contribution in [0.1, 0.15) is 12.0 Å². The molecule has 1 fully saturated rings. The Hall–Kier alpha value is -4.29. The third kappa shape index (κ3) is 5.50. The van der Waals surface area contributed by atoms with E-state index in [1.165, 1.54) is 0 Å². The van der Waals surface area contributed by atoms with E-state index in [1.54, 1.807) is 34.2 Å². The average molecular weight is 513 g/mol. The molecular weight excluding hydrogens is 484 g/mol. The van der Waals surface area contributed by atoms with Crippen LogP contribution in [0.3, 0.4) is 0 Å². The molecule has 194 valence electrons. The SMILES string of the molecule is Cn1cc(-c2cnc3nnn(Cc4cccc(-c5ncc(OCCCN6CCOCC6)cn5)c4)c3n2)cn1. The third-order valence-corrected chi connectivity index (χ3v) is 6.36. The number of hydrogen-bond acceptors (Lipinski definition) is 10. The first-order chi connectivity index (χ1) is 18.7. The fraction of sp³-hybridized carbons (Fsp3) is 0.346. The maximum Gasteiger partial charge on any atom is 0.221 e. The number of fused-ring (bicyclic) bond motifs is 1. The summed E-state index contributed by atoms with van der Waals surface area (Å²) in [5, 5.41) is 12.7. The zero-order valence-corrected chi connectivity index (χ0v) is 21.1. The van der Waals surface area contributed by atoms with E-state index in [9.17, 15) is 0 Å². The molecule has 0 unspecified atom stereocenters. The van der Waals surface area contributed by atoms with Crippen molar-refractivity contribution in [3.8, 4) is 28.4 Å². The van der Waals surface area contributed by atoms with Gasteiger partial charge >= 0.3 is 0 Å². The van der Waals surface area contributed by atoms with Crippen LogP contribution in [-0.4, -0.2) is 89.1 Å². The van der Waals surface area contributed by atoms with Crippen LogP contribution in [0.5, 0.6) is 5.75 Å². The fourth-order valence-electron chi connectivity index (χ4n) is 4.38. The van der Waals surface area contributed by atoms with Gasteiger partial charge in [-0.1, -0.05) is 23.4 Å². The van der Waals surface area contributed by atoms with Crippen molar-refractivity contribution in [2.24, 2.45) is 7.05 Å². The van der Waals surface area contributed by atoms with Crippen LogP contribution in [0, 0.1) is 0 Å². The van der Waals surface area contributed by atoms with Crippen LogP contribution >= 0.6 is 0 Å². The van der Waals surface area contributed by atoms with Gasteiger partial charge in [0.1, 0.15) is 0 Å². The predicted molar refractivity (Wildman–Crippen MR) is 139 cm³/mol. The standard InChI is InChI=1S/C26H28N10O2/c1-34-18-21(13-30-34)23-16-29-25-26(31-23)36(33-32-25)17-19-4-2-5-20(12-19)24-27-14-22(15-28-24)38-9-3-6-35-7-10-37-11-8-35/h2,4-5,12-16,18H,3,6-11,17H2,1H3. The summed E-state index contributed by atoms with van der Waals surface area (Å²) in [5.74, 6) is 1.30. The largest absolute Gasteiger partial charge is 0.490 e. The summed E-state index contributed by atoms with van der Waals surface area (Å²) < 4.78 is 14.7. The van der Waals surface area contributed by atoms with Crippen molar-refractivity contribution >= 4 is 11.3 Å². The van der Waals surface area contributed by atoms with Gasteiger partial charge in [0.2, 0.25) is 5.65 Å². The summed E-state index contributed by atoms with van der Waals surface area (Å²) in [6, 6.07) is 8.04. The van der Waals surface area contributed by atoms with Gasteiger partial charge in [-0.25, -0.2) is 24.6 Å². The van der Waals surface area contributed by atoms with Gasteiger partial charge in [-0.2, -0.15) is 5.10 Å². The first-order valence-electron chi connectivity index (χ1n) is 12.6. The van der Waals surface area contributed by atoms with Crippen LogP contribution < -0.4 is 4.74 Å². The lowest BCUT2D eigenvalue weighted by Crippen LogP contribution is -2.37. The maximum atomic E-state index is 5.85. The predicted octanol–water partition coefficient (Wildman–Crippen LogP) is 2.23. The Morgan fingerprint density at radius 3 is 2.68 bits per heavy atom. The van der Waals surface area contributed by atoms with E-state index >= 15 is 0 Å². The van der Waals surface area contributed by atoms with Gasteiger partial charge in [0.25, 0.3) is 0 Å². The molecule has 38 heavy (non-hydrogen) atoms. The van der Waals surface area contributed by atoms with Crippen molar-refractivity contribution in [2.45, 2.75) is 13.0 Å². The van der Waals surface area contributed by atoms with Gasteiger partial charge in [0.05, 0.1) is 56.8 Å². The summed E-state index contributed by atoms with van der Waals surface area (Å²) in [6.45, 7) is 5.73. The van der Waals surface area contributed by atoms with E-state index < -0.39 is 0 Å². The second-order valence-corrected chi connectivity index (χ2v) is 9.15. The van der Waals surface area contributed by atoms with Gasteiger partial charge in [-0.3, -0.25) is 9.58 Å². The molecule has 1 aromatic carbocycles. The molecule has 12 heteroatoms. The van der Waals surface area contributed by atoms with Gasteiger partial charge in [0, 0.05) is 44.0 Å². The second-order valence-electron chi connectivity index (χ2n) is 9.15. The molecule has 12 nitrogen and oxygen atoms in total. The van der Waals surface area contributed by atoms with Crippen LogP contribution in [0.2, 0.25) is 0 Å². The molecule has 0 radical (unpaired) electrons. The number of rotatable bonds is 9. The maximum absolute atomic E-state index is 5.85. The zero-order chi connectivity index (χ0) is 25.7. The Kier molecular flexibility index (Phi) is 6.96. The van der Waals surface area contributed by atoms with Crippen LogP contribution in [-0.2, 0) is 18.3 Å². The van der Waals surface area contributed by atoms with Crippen molar-refractivity contribution in [1.29, 1.82) is 0 Å². The molecule has 0 bridgehead atoms. The molecule has 1 saturated heterocycles. The monoisotopic (exact) mass is 512 g/mol. The Morgan fingerprint density at radius 2 is 1.87 bits per heavy atom. The molecule has 5 aromatic rings. The first-order valence-corrected chi connectivity index (χ1v) is 12.6. The van der Waals surface area contributed by atoms with Crippen molar-refractivity contribution in [2.75, 3.05) is 39.5 Å². The highest BCUT2D eigenvalue weighted by Crippen LogP contribution is 2.21. The van der Waals surface area contributed by atoms with Gasteiger partial charge < -0.3 is 9.47 Å². The number of aryl methyl sites for hydroxylation is 1. The highest BCUT2D eigenvalue weighted by atomic mass is 16.5. The molecule has 1 aliphatic rings. The molecule has 0 spiro atoms. The normalized spacial score (nSPS) is 14.2. The van der Waals surface area contributed by atoms with Gasteiger partial charge in [0.15, 0.2) is 17.2 Å². The summed E-state index contributed by atoms with van der Waals surface area (Å²) in [4.78, 5) is 20.6. The molecule has 0 N–H and O–H groups in total. The minimum absolute atomic E-state index is 0.486. The van der Waals surface area contributed by atoms with E-state index in [4.69, 9.17) is 14.5 Å². The highest BCUT2D eigenvalue weighted by Gasteiger charge is 2.13. The zero-order valence-electron chi connectivity index (χ0n) is 21.1. The quantitative estimate of drug-likeness (QED) is 0.272. The summed E-state index contributed by atoms with van der Waals surface area (Å²) in [6.07, 6.45) is 9.75. The minimum Gasteiger partial charge on any atom is -0.490 e. The Morgan fingerprint density at radius 1 is 1.00 bits per heavy atom. The fourth-order valence-corrected chi connectivity index (χ4v) is 4.38. The topological polar surface area (TPSA) is 122 Å². The number of hydrogen-bond donors (Lipinski definition) is 0. The smallest absolute Gasteiger partial charge is 0.221 e. The molecule has 0 atom stereocenters. The van der Waals surface area contributed by atoms with Crippen LogP contribution in [0.25, 0.3) is 33.9 Å². The summed E-state index contributed by atoms with van der Waals surface area (Å²) in [5.41, 5.74) is 4.65. The average Bonchev–Trinajstić information content (AvgIpc) is 3.58. The Bertz CT molecular complexity index is 1510. The van der Waals surface area contributed by atoms with Crippen molar-refractivity contribution in [3.63, 3.8) is 0 Å². The molecule has 4 aromatic heterocycles. The lowest BCUT2D eigenvalue weighted by Gasteiger charge is -2.26. The molecular formula is C26H28N10O2. The molecule has 0 amide bonds. The van der Waals surface area contributed by atoms with Crippen molar-refractivity contribution < 1.29 is 9.47 Å². The van der Waals surface area contributed by atoms with Crippen molar-refractivity contribution in [1.82, 2.24) is 49.6 Å². The third-order valence-electron chi connectivity index (χ3n) is 6.36. The van der Waals surface area contributed by atoms with Crippen molar-refractivity contribution in [3.05, 3.63) is 60.8 Å². The summed E-state index contributed by atoms with van der Waals surface area (Å²) >= 11 is 0. The van der Waals surface area contributed by atoms with E-state index in [0.29, 0.717) is 36.0 Å². The molecule has 0 aliphatic carbocycles. The van der Waals surface area contributed by atoms with E-state index in [0.717, 1.165) is 61.7 Å². The molecule has 1 aliphatic heterocycles. The van der Waals surface area contributed by atoms with E-state index in [1.807, 2.05) is 37.5 Å². The number of morpholine rings is 1. The number of benzene rings is 1. The van der Waals surface area contributed by atoms with E-state index in [-0.39, 0.29) is 0 Å². The Balaban J connectivity index is 1.11. The first kappa shape index (κ1) is 24.1. The lowest BCUT2D eigenvalue weighted by atomic mass is 10.1. The molecule has 0 saturated carbocycles. The Labute approximate surface area is 219 Å². The van der Waals surface area contributed by atoms with E-state index in [2.05, 4.69) is 35.3 Å². The van der Waals surface area contributed by atoms with Gasteiger partial charge in [-0.15, -0.1) is 5.10 Å². The number of nitrogens with zero attached hydrogens (tertiary/aromatic N) is 10. The summed E-state index contributed by atoms with van der Waals surface area (Å²) in [7, 11) is 1.87. The molecule has 6 rings (SSSR count). The number of aromatic nitrogens is 9. The lowest BCUT2D eigenvalue weighted by molar-refractivity contribution is 0.0358.